The standard InChI is InChI=1S/C11H12ClNO4/c12-8-5-4-7(13(15)16)6-11(8)17-10-3-1-2-9(10)14/h4-6,9-10,14H,1-3H2/t9-,10-/m1/s1. The first-order valence-corrected chi connectivity index (χ1v) is 5.74. The number of ether oxygens (including phenoxy) is 1. The van der Waals surface area contributed by atoms with Gasteiger partial charge in [-0.05, 0) is 25.3 Å². The van der Waals surface area contributed by atoms with Crippen LogP contribution in [-0.2, 0) is 0 Å². The van der Waals surface area contributed by atoms with Crippen LogP contribution in [0, 0.1) is 10.1 Å². The van der Waals surface area contributed by atoms with Crippen molar-refractivity contribution >= 4 is 17.3 Å². The van der Waals surface area contributed by atoms with E-state index >= 15 is 0 Å². The normalized spacial score (nSPS) is 23.6. The molecule has 6 heteroatoms. The lowest BCUT2D eigenvalue weighted by Gasteiger charge is -2.17. The lowest BCUT2D eigenvalue weighted by molar-refractivity contribution is -0.385. The van der Waals surface area contributed by atoms with E-state index in [1.165, 1.54) is 18.2 Å². The van der Waals surface area contributed by atoms with Gasteiger partial charge in [0.25, 0.3) is 5.69 Å². The summed E-state index contributed by atoms with van der Waals surface area (Å²) in [6.45, 7) is 0. The molecule has 1 fully saturated rings. The van der Waals surface area contributed by atoms with E-state index < -0.39 is 11.0 Å². The maximum absolute atomic E-state index is 10.6. The summed E-state index contributed by atoms with van der Waals surface area (Å²) in [5.74, 6) is 0.256. The summed E-state index contributed by atoms with van der Waals surface area (Å²) >= 11 is 5.90. The first-order valence-electron chi connectivity index (χ1n) is 5.36. The highest BCUT2D eigenvalue weighted by Crippen LogP contribution is 2.32. The molecule has 0 amide bonds. The van der Waals surface area contributed by atoms with Crippen LogP contribution in [0.15, 0.2) is 18.2 Å². The summed E-state index contributed by atoms with van der Waals surface area (Å²) in [6, 6.07) is 4.03. The van der Waals surface area contributed by atoms with E-state index in [0.29, 0.717) is 11.4 Å². The van der Waals surface area contributed by atoms with Crippen molar-refractivity contribution in [3.8, 4) is 5.75 Å². The molecular weight excluding hydrogens is 246 g/mol. The van der Waals surface area contributed by atoms with Gasteiger partial charge in [-0.2, -0.15) is 0 Å². The second kappa shape index (κ2) is 4.89. The molecule has 0 bridgehead atoms. The van der Waals surface area contributed by atoms with Crippen LogP contribution < -0.4 is 4.74 Å². The summed E-state index contributed by atoms with van der Waals surface area (Å²) in [7, 11) is 0. The molecule has 1 N–H and O–H groups in total. The van der Waals surface area contributed by atoms with Crippen molar-refractivity contribution in [2.45, 2.75) is 31.5 Å². The number of nitro groups is 1. The smallest absolute Gasteiger partial charge is 0.273 e. The minimum absolute atomic E-state index is 0.0723. The highest BCUT2D eigenvalue weighted by atomic mass is 35.5. The molecule has 0 heterocycles. The van der Waals surface area contributed by atoms with Crippen molar-refractivity contribution in [3.63, 3.8) is 0 Å². The highest BCUT2D eigenvalue weighted by molar-refractivity contribution is 6.32. The summed E-state index contributed by atoms with van der Waals surface area (Å²) < 4.78 is 5.52. The molecule has 5 nitrogen and oxygen atoms in total. The molecule has 0 aromatic heterocycles. The first kappa shape index (κ1) is 12.1. The largest absolute Gasteiger partial charge is 0.486 e. The molecule has 92 valence electrons. The molecule has 0 saturated heterocycles. The Bertz CT molecular complexity index is 437. The van der Waals surface area contributed by atoms with Crippen LogP contribution in [0.4, 0.5) is 5.69 Å². The zero-order valence-electron chi connectivity index (χ0n) is 9.01. The third kappa shape index (κ3) is 2.68. The Morgan fingerprint density at radius 1 is 1.47 bits per heavy atom. The van der Waals surface area contributed by atoms with E-state index in [0.717, 1.165) is 12.8 Å². The fourth-order valence-corrected chi connectivity index (χ4v) is 2.07. The van der Waals surface area contributed by atoms with Crippen molar-refractivity contribution in [1.82, 2.24) is 0 Å². The van der Waals surface area contributed by atoms with Crippen molar-refractivity contribution in [2.24, 2.45) is 0 Å². The quantitative estimate of drug-likeness (QED) is 0.667. The van der Waals surface area contributed by atoms with Gasteiger partial charge >= 0.3 is 0 Å². The molecule has 1 aromatic rings. The number of rotatable bonds is 3. The number of non-ortho nitro benzene ring substituents is 1. The Morgan fingerprint density at radius 3 is 2.82 bits per heavy atom. The predicted molar refractivity (Wildman–Crippen MR) is 62.4 cm³/mol. The molecule has 2 rings (SSSR count). The van der Waals surface area contributed by atoms with E-state index in [2.05, 4.69) is 0 Å². The number of halogens is 1. The molecule has 1 saturated carbocycles. The van der Waals surface area contributed by atoms with E-state index in [-0.39, 0.29) is 17.5 Å². The third-order valence-corrected chi connectivity index (χ3v) is 3.13. The fourth-order valence-electron chi connectivity index (χ4n) is 1.90. The topological polar surface area (TPSA) is 72.6 Å². The Balaban J connectivity index is 2.19. The average molecular weight is 258 g/mol. The molecule has 0 aliphatic heterocycles. The van der Waals surface area contributed by atoms with Crippen LogP contribution in [0.3, 0.4) is 0 Å². The number of benzene rings is 1. The lowest BCUT2D eigenvalue weighted by atomic mass is 10.2. The molecule has 1 aliphatic rings. The van der Waals surface area contributed by atoms with Crippen LogP contribution in [0.5, 0.6) is 5.75 Å². The molecule has 0 unspecified atom stereocenters. The maximum Gasteiger partial charge on any atom is 0.273 e. The second-order valence-electron chi connectivity index (χ2n) is 4.03. The minimum atomic E-state index is -0.523. The van der Waals surface area contributed by atoms with Gasteiger partial charge < -0.3 is 9.84 Å². The molecule has 2 atom stereocenters. The Hall–Kier alpha value is -1.33. The van der Waals surface area contributed by atoms with Gasteiger partial charge in [-0.1, -0.05) is 11.6 Å². The van der Waals surface area contributed by atoms with Gasteiger partial charge in [-0.15, -0.1) is 0 Å². The Labute approximate surface area is 103 Å². The van der Waals surface area contributed by atoms with Gasteiger partial charge in [0.1, 0.15) is 11.9 Å². The van der Waals surface area contributed by atoms with Crippen LogP contribution in [0.25, 0.3) is 0 Å². The number of nitrogens with zero attached hydrogens (tertiary/aromatic N) is 1. The number of hydrogen-bond donors (Lipinski definition) is 1. The summed E-state index contributed by atoms with van der Waals surface area (Å²) in [5.41, 5.74) is -0.0723. The van der Waals surface area contributed by atoms with E-state index in [4.69, 9.17) is 16.3 Å². The van der Waals surface area contributed by atoms with E-state index in [1.807, 2.05) is 0 Å². The summed E-state index contributed by atoms with van der Waals surface area (Å²) in [6.07, 6.45) is 1.47. The molecule has 1 aromatic carbocycles. The van der Waals surface area contributed by atoms with Crippen LogP contribution in [0.1, 0.15) is 19.3 Å². The van der Waals surface area contributed by atoms with Crippen molar-refractivity contribution < 1.29 is 14.8 Å². The molecule has 17 heavy (non-hydrogen) atoms. The van der Waals surface area contributed by atoms with Crippen LogP contribution in [-0.4, -0.2) is 22.2 Å². The van der Waals surface area contributed by atoms with E-state index in [9.17, 15) is 15.2 Å². The van der Waals surface area contributed by atoms with Gasteiger partial charge in [0.15, 0.2) is 0 Å². The number of nitro benzene ring substituents is 1. The zero-order chi connectivity index (χ0) is 12.4. The second-order valence-corrected chi connectivity index (χ2v) is 4.43. The van der Waals surface area contributed by atoms with E-state index in [1.54, 1.807) is 0 Å². The van der Waals surface area contributed by atoms with Crippen LogP contribution >= 0.6 is 11.6 Å². The zero-order valence-corrected chi connectivity index (χ0v) is 9.76. The van der Waals surface area contributed by atoms with Crippen molar-refractivity contribution in [2.75, 3.05) is 0 Å². The lowest BCUT2D eigenvalue weighted by Crippen LogP contribution is -2.25. The summed E-state index contributed by atoms with van der Waals surface area (Å²) in [4.78, 5) is 10.1. The molecule has 0 spiro atoms. The average Bonchev–Trinajstić information content (AvgIpc) is 2.67. The van der Waals surface area contributed by atoms with Crippen molar-refractivity contribution in [3.05, 3.63) is 33.3 Å². The van der Waals surface area contributed by atoms with Gasteiger partial charge in [-0.25, -0.2) is 0 Å². The van der Waals surface area contributed by atoms with Crippen LogP contribution in [0.2, 0.25) is 5.02 Å². The third-order valence-electron chi connectivity index (χ3n) is 2.82. The fraction of sp³-hybridized carbons (Fsp3) is 0.455. The maximum atomic E-state index is 10.6. The van der Waals surface area contributed by atoms with Crippen molar-refractivity contribution in [1.29, 1.82) is 0 Å². The van der Waals surface area contributed by atoms with Gasteiger partial charge in [0, 0.05) is 6.07 Å². The summed E-state index contributed by atoms with van der Waals surface area (Å²) in [5, 5.41) is 20.6. The van der Waals surface area contributed by atoms with Gasteiger partial charge in [-0.3, -0.25) is 10.1 Å². The monoisotopic (exact) mass is 257 g/mol. The number of aliphatic hydroxyl groups is 1. The molecular formula is C11H12ClNO4. The Kier molecular flexibility index (Phi) is 3.49. The SMILES string of the molecule is O=[N+]([O-])c1ccc(Cl)c(O[C@@H]2CCC[C@H]2O)c1. The molecule has 0 radical (unpaired) electrons. The number of aliphatic hydroxyl groups excluding tert-OH is 1. The number of hydrogen-bond acceptors (Lipinski definition) is 4. The first-order chi connectivity index (χ1) is 8.08. The van der Waals surface area contributed by atoms with Gasteiger partial charge in [0.2, 0.25) is 0 Å². The molecule has 1 aliphatic carbocycles. The predicted octanol–water partition coefficient (Wildman–Crippen LogP) is 2.54. The Morgan fingerprint density at radius 2 is 2.24 bits per heavy atom. The minimum Gasteiger partial charge on any atom is -0.486 e. The van der Waals surface area contributed by atoms with Gasteiger partial charge in [0.05, 0.1) is 22.1 Å². The highest BCUT2D eigenvalue weighted by Gasteiger charge is 2.28.